The molecule has 1 atom stereocenters. The first-order valence-electron chi connectivity index (χ1n) is 8.26. The summed E-state index contributed by atoms with van der Waals surface area (Å²) in [7, 11) is -3.37. The molecule has 0 bridgehead atoms. The molecule has 0 aromatic rings. The summed E-state index contributed by atoms with van der Waals surface area (Å²) in [6.07, 6.45) is 3.41. The minimum atomic E-state index is -3.37. The summed E-state index contributed by atoms with van der Waals surface area (Å²) in [6, 6.07) is -0.578. The predicted octanol–water partition coefficient (Wildman–Crippen LogP) is 0.127. The molecule has 7 nitrogen and oxygen atoms in total. The van der Waals surface area contributed by atoms with Crippen LogP contribution in [-0.4, -0.2) is 79.4 Å². The van der Waals surface area contributed by atoms with Gasteiger partial charge in [0.25, 0.3) is 0 Å². The fourth-order valence-electron chi connectivity index (χ4n) is 3.27. The molecule has 2 rings (SSSR count). The third kappa shape index (κ3) is 4.23. The lowest BCUT2D eigenvalue weighted by molar-refractivity contribution is -0.143. The van der Waals surface area contributed by atoms with Gasteiger partial charge in [0.15, 0.2) is 0 Å². The zero-order valence-corrected chi connectivity index (χ0v) is 15.0. The molecule has 132 valence electrons. The van der Waals surface area contributed by atoms with E-state index in [1.807, 2.05) is 13.8 Å². The van der Waals surface area contributed by atoms with E-state index >= 15 is 0 Å². The van der Waals surface area contributed by atoms with E-state index in [4.69, 9.17) is 0 Å². The van der Waals surface area contributed by atoms with Gasteiger partial charge in [-0.15, -0.1) is 0 Å². The molecule has 0 N–H and O–H groups in total. The van der Waals surface area contributed by atoms with Crippen molar-refractivity contribution in [2.24, 2.45) is 5.92 Å². The second-order valence-corrected chi connectivity index (χ2v) is 8.63. The van der Waals surface area contributed by atoms with Crippen LogP contribution in [0.3, 0.4) is 0 Å². The lowest BCUT2D eigenvalue weighted by Crippen LogP contribution is -2.57. The van der Waals surface area contributed by atoms with Gasteiger partial charge in [-0.3, -0.25) is 9.59 Å². The van der Waals surface area contributed by atoms with Crippen molar-refractivity contribution in [1.82, 2.24) is 14.1 Å². The van der Waals surface area contributed by atoms with E-state index in [0.717, 1.165) is 19.1 Å². The zero-order chi connectivity index (χ0) is 17.2. The maximum Gasteiger partial charge on any atom is 0.241 e. The van der Waals surface area contributed by atoms with Crippen molar-refractivity contribution in [2.75, 3.05) is 39.0 Å². The molecule has 2 aliphatic heterocycles. The number of nitrogens with zero attached hydrogens (tertiary/aromatic N) is 3. The van der Waals surface area contributed by atoms with E-state index in [2.05, 4.69) is 0 Å². The highest BCUT2D eigenvalue weighted by atomic mass is 32.2. The zero-order valence-electron chi connectivity index (χ0n) is 14.2. The van der Waals surface area contributed by atoms with Crippen molar-refractivity contribution in [1.29, 1.82) is 0 Å². The highest BCUT2D eigenvalue weighted by molar-refractivity contribution is 7.88. The summed E-state index contributed by atoms with van der Waals surface area (Å²) >= 11 is 0. The molecule has 0 aromatic carbocycles. The number of piperazine rings is 1. The Bertz CT molecular complexity index is 553. The SMILES string of the molecule is CC(C)C(=O)N1CCN(C(=O)C2CCCCN2S(C)(=O)=O)CC1. The van der Waals surface area contributed by atoms with Crippen LogP contribution in [0, 0.1) is 5.92 Å². The van der Waals surface area contributed by atoms with E-state index in [1.165, 1.54) is 4.31 Å². The largest absolute Gasteiger partial charge is 0.339 e. The molecule has 0 radical (unpaired) electrons. The van der Waals surface area contributed by atoms with Crippen LogP contribution in [0.1, 0.15) is 33.1 Å². The lowest BCUT2D eigenvalue weighted by Gasteiger charge is -2.40. The van der Waals surface area contributed by atoms with Gasteiger partial charge in [0, 0.05) is 38.6 Å². The second-order valence-electron chi connectivity index (χ2n) is 6.69. The van der Waals surface area contributed by atoms with Crippen molar-refractivity contribution in [3.8, 4) is 0 Å². The molecule has 0 spiro atoms. The highest BCUT2D eigenvalue weighted by Gasteiger charge is 2.37. The number of rotatable bonds is 3. The van der Waals surface area contributed by atoms with Crippen LogP contribution >= 0.6 is 0 Å². The third-order valence-electron chi connectivity index (χ3n) is 4.56. The molecule has 0 aromatic heterocycles. The topological polar surface area (TPSA) is 78.0 Å². The number of carbonyl (C=O) groups is 2. The Morgan fingerprint density at radius 3 is 2.04 bits per heavy atom. The van der Waals surface area contributed by atoms with Crippen LogP contribution < -0.4 is 0 Å². The Labute approximate surface area is 138 Å². The Morgan fingerprint density at radius 1 is 0.957 bits per heavy atom. The number of carbonyl (C=O) groups excluding carboxylic acids is 2. The highest BCUT2D eigenvalue weighted by Crippen LogP contribution is 2.22. The quantitative estimate of drug-likeness (QED) is 0.728. The van der Waals surface area contributed by atoms with Gasteiger partial charge in [-0.2, -0.15) is 4.31 Å². The Balaban J connectivity index is 2.00. The van der Waals surface area contributed by atoms with Crippen molar-refractivity contribution >= 4 is 21.8 Å². The number of sulfonamides is 1. The Kier molecular flexibility index (Phi) is 5.67. The lowest BCUT2D eigenvalue weighted by atomic mass is 10.0. The van der Waals surface area contributed by atoms with E-state index in [1.54, 1.807) is 9.80 Å². The van der Waals surface area contributed by atoms with E-state index in [0.29, 0.717) is 39.1 Å². The van der Waals surface area contributed by atoms with Crippen LogP contribution in [0.5, 0.6) is 0 Å². The molecule has 23 heavy (non-hydrogen) atoms. The van der Waals surface area contributed by atoms with Gasteiger partial charge >= 0.3 is 0 Å². The smallest absolute Gasteiger partial charge is 0.241 e. The fourth-order valence-corrected chi connectivity index (χ4v) is 4.39. The number of piperidine rings is 1. The summed E-state index contributed by atoms with van der Waals surface area (Å²) < 4.78 is 25.1. The fraction of sp³-hybridized carbons (Fsp3) is 0.867. The van der Waals surface area contributed by atoms with Crippen LogP contribution in [0.2, 0.25) is 0 Å². The molecule has 1 unspecified atom stereocenters. The minimum absolute atomic E-state index is 0.0451. The van der Waals surface area contributed by atoms with Gasteiger partial charge in [0.1, 0.15) is 6.04 Å². The molecule has 2 amide bonds. The van der Waals surface area contributed by atoms with Crippen molar-refractivity contribution < 1.29 is 18.0 Å². The first-order chi connectivity index (χ1) is 10.7. The summed E-state index contributed by atoms with van der Waals surface area (Å²) in [5.41, 5.74) is 0. The average molecular weight is 345 g/mol. The first kappa shape index (κ1) is 18.2. The molecule has 2 heterocycles. The molecular weight excluding hydrogens is 318 g/mol. The summed E-state index contributed by atoms with van der Waals surface area (Å²) in [4.78, 5) is 28.2. The third-order valence-corrected chi connectivity index (χ3v) is 5.85. The van der Waals surface area contributed by atoms with Crippen molar-refractivity contribution in [3.05, 3.63) is 0 Å². The van der Waals surface area contributed by atoms with Gasteiger partial charge < -0.3 is 9.80 Å². The normalized spacial score (nSPS) is 24.1. The second kappa shape index (κ2) is 7.17. The molecular formula is C15H27N3O4S. The predicted molar refractivity (Wildman–Crippen MR) is 87.2 cm³/mol. The molecule has 8 heteroatoms. The first-order valence-corrected chi connectivity index (χ1v) is 10.1. The van der Waals surface area contributed by atoms with Gasteiger partial charge in [0.2, 0.25) is 21.8 Å². The maximum atomic E-state index is 12.7. The van der Waals surface area contributed by atoms with Crippen LogP contribution in [0.15, 0.2) is 0 Å². The molecule has 2 saturated heterocycles. The average Bonchev–Trinajstić information content (AvgIpc) is 2.52. The monoisotopic (exact) mass is 345 g/mol. The van der Waals surface area contributed by atoms with E-state index in [9.17, 15) is 18.0 Å². The summed E-state index contributed by atoms with van der Waals surface area (Å²) in [5.74, 6) is -0.0596. The number of hydrogen-bond donors (Lipinski definition) is 0. The van der Waals surface area contributed by atoms with Crippen molar-refractivity contribution in [3.63, 3.8) is 0 Å². The number of hydrogen-bond acceptors (Lipinski definition) is 4. The Hall–Kier alpha value is -1.15. The van der Waals surface area contributed by atoms with Gasteiger partial charge in [-0.05, 0) is 12.8 Å². The van der Waals surface area contributed by atoms with E-state index in [-0.39, 0.29) is 17.7 Å². The summed E-state index contributed by atoms with van der Waals surface area (Å²) in [6.45, 7) is 6.15. The molecule has 2 fully saturated rings. The van der Waals surface area contributed by atoms with Crippen LogP contribution in [0.4, 0.5) is 0 Å². The van der Waals surface area contributed by atoms with Gasteiger partial charge in [-0.25, -0.2) is 8.42 Å². The maximum absolute atomic E-state index is 12.7. The van der Waals surface area contributed by atoms with Gasteiger partial charge in [0.05, 0.1) is 6.26 Å². The van der Waals surface area contributed by atoms with Crippen molar-refractivity contribution in [2.45, 2.75) is 39.2 Å². The minimum Gasteiger partial charge on any atom is -0.339 e. The van der Waals surface area contributed by atoms with E-state index < -0.39 is 16.1 Å². The summed E-state index contributed by atoms with van der Waals surface area (Å²) in [5, 5.41) is 0. The molecule has 2 aliphatic rings. The Morgan fingerprint density at radius 2 is 1.52 bits per heavy atom. The number of amides is 2. The molecule has 0 saturated carbocycles. The molecule has 0 aliphatic carbocycles. The standard InChI is InChI=1S/C15H27N3O4S/c1-12(2)14(19)16-8-10-17(11-9-16)15(20)13-6-4-5-7-18(13)23(3,21)22/h12-13H,4-11H2,1-3H3. The van der Waals surface area contributed by atoms with Gasteiger partial charge in [-0.1, -0.05) is 20.3 Å². The van der Waals surface area contributed by atoms with Crippen LogP contribution in [0.25, 0.3) is 0 Å². The van der Waals surface area contributed by atoms with Crippen LogP contribution in [-0.2, 0) is 19.6 Å².